The summed E-state index contributed by atoms with van der Waals surface area (Å²) in [6.45, 7) is 5.30. The maximum Gasteiger partial charge on any atom is 0.417 e. The molecule has 2 aromatic carbocycles. The number of hydrogen-bond donors (Lipinski definition) is 0. The number of hydrogen-bond acceptors (Lipinski definition) is 1. The average molecular weight is 573 g/mol. The van der Waals surface area contributed by atoms with Gasteiger partial charge in [-0.3, -0.25) is 4.99 Å². The summed E-state index contributed by atoms with van der Waals surface area (Å²) in [7, 11) is 0. The van der Waals surface area contributed by atoms with E-state index in [4.69, 9.17) is 34.8 Å². The predicted octanol–water partition coefficient (Wildman–Crippen LogP) is 10.2. The van der Waals surface area contributed by atoms with Crippen LogP contribution in [0.15, 0.2) is 54.1 Å². The lowest BCUT2D eigenvalue weighted by Gasteiger charge is -2.20. The van der Waals surface area contributed by atoms with Crippen molar-refractivity contribution >= 4 is 46.3 Å². The van der Waals surface area contributed by atoms with Gasteiger partial charge in [0, 0.05) is 16.8 Å². The summed E-state index contributed by atoms with van der Waals surface area (Å²) in [6.07, 6.45) is -6.72. The second-order valence-electron chi connectivity index (χ2n) is 8.31. The van der Waals surface area contributed by atoms with Gasteiger partial charge in [-0.1, -0.05) is 59.9 Å². The van der Waals surface area contributed by atoms with E-state index in [-0.39, 0.29) is 38.8 Å². The second-order valence-corrected chi connectivity index (χ2v) is 9.50. The molecule has 1 fully saturated rings. The molecule has 2 aromatic rings. The van der Waals surface area contributed by atoms with Crippen molar-refractivity contribution in [3.8, 4) is 0 Å². The smallest absolute Gasteiger partial charge is 0.278 e. The molecule has 194 valence electrons. The Morgan fingerprint density at radius 2 is 1.64 bits per heavy atom. The summed E-state index contributed by atoms with van der Waals surface area (Å²) >= 11 is 17.4. The number of halogens is 10. The Morgan fingerprint density at radius 1 is 1.06 bits per heavy atom. The van der Waals surface area contributed by atoms with Gasteiger partial charge in [0.1, 0.15) is 11.7 Å². The van der Waals surface area contributed by atoms with Crippen LogP contribution in [0.1, 0.15) is 54.4 Å². The van der Waals surface area contributed by atoms with Gasteiger partial charge in [0.2, 0.25) is 0 Å². The van der Waals surface area contributed by atoms with Crippen LogP contribution in [0.4, 0.5) is 30.7 Å². The van der Waals surface area contributed by atoms with E-state index < -0.39 is 46.3 Å². The fraction of sp³-hybridized carbons (Fsp3) is 0.320. The zero-order valence-corrected chi connectivity index (χ0v) is 20.9. The third-order valence-electron chi connectivity index (χ3n) is 5.78. The highest BCUT2D eigenvalue weighted by Crippen LogP contribution is 2.44. The van der Waals surface area contributed by atoms with E-state index in [0.717, 1.165) is 24.3 Å². The van der Waals surface area contributed by atoms with Crippen molar-refractivity contribution in [2.45, 2.75) is 50.0 Å². The molecular weight excluding hydrogens is 554 g/mol. The summed E-state index contributed by atoms with van der Waals surface area (Å²) in [4.78, 5) is 4.43. The fourth-order valence-corrected chi connectivity index (χ4v) is 4.26. The molecule has 0 spiro atoms. The molecule has 1 nitrogen and oxygen atoms in total. The first-order valence-corrected chi connectivity index (χ1v) is 11.8. The molecule has 36 heavy (non-hydrogen) atoms. The van der Waals surface area contributed by atoms with Crippen LogP contribution in [0.2, 0.25) is 15.1 Å². The average Bonchev–Trinajstić information content (AvgIpc) is 3.57. The first-order valence-electron chi connectivity index (χ1n) is 10.6. The Hall–Kier alpha value is -2.03. The van der Waals surface area contributed by atoms with Crippen molar-refractivity contribution in [1.82, 2.24) is 0 Å². The van der Waals surface area contributed by atoms with Crippen LogP contribution in [0.25, 0.3) is 5.83 Å². The van der Waals surface area contributed by atoms with Crippen LogP contribution < -0.4 is 0 Å². The molecule has 1 aliphatic rings. The second kappa shape index (κ2) is 10.4. The lowest BCUT2D eigenvalue weighted by molar-refractivity contribution is -0.140. The Balaban J connectivity index is 2.11. The third kappa shape index (κ3) is 6.26. The number of allylic oxidation sites excluding steroid dienone is 1. The summed E-state index contributed by atoms with van der Waals surface area (Å²) in [6, 6.07) is 4.24. The van der Waals surface area contributed by atoms with Gasteiger partial charge in [-0.2, -0.15) is 26.3 Å². The van der Waals surface area contributed by atoms with Crippen molar-refractivity contribution in [3.63, 3.8) is 0 Å². The van der Waals surface area contributed by atoms with Crippen LogP contribution in [-0.4, -0.2) is 17.4 Å². The van der Waals surface area contributed by atoms with E-state index >= 15 is 4.39 Å². The molecule has 1 atom stereocenters. The highest BCUT2D eigenvalue weighted by molar-refractivity contribution is 6.48. The van der Waals surface area contributed by atoms with Crippen LogP contribution in [-0.2, 0) is 6.18 Å². The summed E-state index contributed by atoms with van der Waals surface area (Å²) in [5.74, 6) is -4.05. The van der Waals surface area contributed by atoms with E-state index in [1.807, 2.05) is 0 Å². The van der Waals surface area contributed by atoms with Gasteiger partial charge in [0.25, 0.3) is 0 Å². The number of benzene rings is 2. The topological polar surface area (TPSA) is 12.4 Å². The Labute approximate surface area is 218 Å². The van der Waals surface area contributed by atoms with Crippen LogP contribution >= 0.6 is 34.8 Å². The third-order valence-corrected chi connectivity index (χ3v) is 6.97. The molecule has 0 saturated heterocycles. The monoisotopic (exact) mass is 571 g/mol. The quantitative estimate of drug-likeness (QED) is 0.135. The normalized spacial score (nSPS) is 17.2. The van der Waals surface area contributed by atoms with Crippen molar-refractivity contribution in [3.05, 3.63) is 86.4 Å². The van der Waals surface area contributed by atoms with Gasteiger partial charge in [0.05, 0.1) is 26.2 Å². The van der Waals surface area contributed by atoms with Crippen LogP contribution in [0.5, 0.6) is 0 Å². The first kappa shape index (κ1) is 28.5. The molecule has 0 N–H and O–H groups in total. The van der Waals surface area contributed by atoms with E-state index in [1.165, 1.54) is 0 Å². The highest BCUT2D eigenvalue weighted by Gasteiger charge is 2.42. The summed E-state index contributed by atoms with van der Waals surface area (Å²) < 4.78 is 98.2. The maximum atomic E-state index is 15.1. The van der Waals surface area contributed by atoms with E-state index in [0.29, 0.717) is 18.9 Å². The van der Waals surface area contributed by atoms with Gasteiger partial charge in [-0.25, -0.2) is 4.39 Å². The van der Waals surface area contributed by atoms with Crippen LogP contribution in [0, 0.1) is 0 Å². The van der Waals surface area contributed by atoms with Gasteiger partial charge in [0.15, 0.2) is 0 Å². The van der Waals surface area contributed by atoms with Crippen molar-refractivity contribution < 1.29 is 30.7 Å². The number of alkyl halides is 6. The molecule has 1 unspecified atom stereocenters. The molecular formula is C25H19Cl3F7N. The Morgan fingerprint density at radius 3 is 2.08 bits per heavy atom. The summed E-state index contributed by atoms with van der Waals surface area (Å²) in [5.41, 5.74) is -3.15. The minimum atomic E-state index is -5.00. The van der Waals surface area contributed by atoms with Gasteiger partial charge in [-0.05, 0) is 49.1 Å². The molecule has 3 rings (SSSR count). The lowest BCUT2D eigenvalue weighted by atomic mass is 9.94. The largest absolute Gasteiger partial charge is 0.417 e. The standard InChI is InChI=1S/C25H19Cl3F7N/c1-3-21(36-23(4-2)7-8-23)15-6-5-13(9-17(15)25(33,34)35)20(29)12-16(24(30,31)32)14-10-18(26)22(28)19(27)11-14/h4-6,9-12,16H,2-3,7-8H2,1H3/b20-12-,36-21?. The Bertz CT molecular complexity index is 1200. The zero-order valence-electron chi connectivity index (χ0n) is 18.7. The number of rotatable bonds is 7. The van der Waals surface area contributed by atoms with E-state index in [9.17, 15) is 26.3 Å². The van der Waals surface area contributed by atoms with Gasteiger partial charge >= 0.3 is 12.4 Å². The van der Waals surface area contributed by atoms with Crippen LogP contribution in [0.3, 0.4) is 0 Å². The summed E-state index contributed by atoms with van der Waals surface area (Å²) in [5, 5.41) is -0.758. The fourth-order valence-electron chi connectivity index (χ4n) is 3.64. The molecule has 11 heteroatoms. The molecule has 0 aliphatic heterocycles. The molecule has 0 heterocycles. The molecule has 0 radical (unpaired) electrons. The van der Waals surface area contributed by atoms with Gasteiger partial charge < -0.3 is 0 Å². The predicted molar refractivity (Wildman–Crippen MR) is 130 cm³/mol. The number of aliphatic imine (C=N–C) groups is 1. The van der Waals surface area contributed by atoms with E-state index in [1.54, 1.807) is 13.0 Å². The minimum Gasteiger partial charge on any atom is -0.278 e. The SMILES string of the molecule is C=CC1(N=C(CC)c2ccc(/C(F)=C/C(c3cc(Cl)c(Cl)c(Cl)c3)C(F)(F)F)cc2C(F)(F)F)CC1. The van der Waals surface area contributed by atoms with E-state index in [2.05, 4.69) is 11.6 Å². The zero-order chi connectivity index (χ0) is 27.1. The minimum absolute atomic E-state index is 0.147. The van der Waals surface area contributed by atoms with Crippen molar-refractivity contribution in [1.29, 1.82) is 0 Å². The highest BCUT2D eigenvalue weighted by atomic mass is 35.5. The lowest BCUT2D eigenvalue weighted by Crippen LogP contribution is -2.19. The molecule has 1 saturated carbocycles. The number of nitrogens with zero attached hydrogens (tertiary/aromatic N) is 1. The maximum absolute atomic E-state index is 15.1. The van der Waals surface area contributed by atoms with Crippen molar-refractivity contribution in [2.24, 2.45) is 4.99 Å². The molecule has 1 aliphatic carbocycles. The molecule has 0 bridgehead atoms. The van der Waals surface area contributed by atoms with Gasteiger partial charge in [-0.15, -0.1) is 6.58 Å². The molecule has 0 aromatic heterocycles. The first-order chi connectivity index (χ1) is 16.6. The van der Waals surface area contributed by atoms with Crippen molar-refractivity contribution in [2.75, 3.05) is 0 Å². The Kier molecular flexibility index (Phi) is 8.23. The molecule has 0 amide bonds.